The zero-order chi connectivity index (χ0) is 34.0. The first kappa shape index (κ1) is 48.3. The summed E-state index contributed by atoms with van der Waals surface area (Å²) in [6, 6.07) is 0. The maximum atomic E-state index is 5.43. The number of nitrogens with one attached hydrogen (secondary N) is 1. The summed E-state index contributed by atoms with van der Waals surface area (Å²) in [6.45, 7) is 19.7. The Kier molecular flexibility index (Phi) is 47.4. The Labute approximate surface area is 296 Å². The summed E-state index contributed by atoms with van der Waals surface area (Å²) in [4.78, 5) is 16.1. The first-order valence-corrected chi connectivity index (χ1v) is 21.4. The van der Waals surface area contributed by atoms with Crippen molar-refractivity contribution in [3.63, 3.8) is 0 Å². The van der Waals surface area contributed by atoms with E-state index in [1.54, 1.807) is 0 Å². The normalized spacial score (nSPS) is 11.5. The van der Waals surface area contributed by atoms with Gasteiger partial charge in [-0.25, -0.2) is 0 Å². The summed E-state index contributed by atoms with van der Waals surface area (Å²) in [6.07, 6.45) is 36.1. The van der Waals surface area contributed by atoms with Gasteiger partial charge in [0.15, 0.2) is 0 Å². The van der Waals surface area contributed by atoms with Crippen molar-refractivity contribution in [1.82, 2.24) is 15.4 Å². The van der Waals surface area contributed by atoms with Gasteiger partial charge in [0, 0.05) is 6.54 Å². The number of thiol groups is 1. The predicted octanol–water partition coefficient (Wildman–Crippen LogP) is 12.2. The SMILES string of the molecule is CCCCCCCCCCN(CCCCCCCCCC)CCCN(CCCCCCCCCC)CCCONOCC.CCS. The molecule has 0 aliphatic heterocycles. The second-order valence-corrected chi connectivity index (χ2v) is 14.1. The third-order valence-corrected chi connectivity index (χ3v) is 8.92. The van der Waals surface area contributed by atoms with Crippen molar-refractivity contribution in [2.24, 2.45) is 0 Å². The molecular formula is C40H87N3O2S. The number of nitrogens with zero attached hydrogens (tertiary/aromatic N) is 2. The first-order chi connectivity index (χ1) is 22.7. The van der Waals surface area contributed by atoms with Crippen LogP contribution in [0.1, 0.15) is 202 Å². The van der Waals surface area contributed by atoms with Crippen LogP contribution in [0.4, 0.5) is 0 Å². The zero-order valence-corrected chi connectivity index (χ0v) is 33.3. The average molecular weight is 674 g/mol. The van der Waals surface area contributed by atoms with Crippen molar-refractivity contribution in [2.75, 3.05) is 58.2 Å². The van der Waals surface area contributed by atoms with Crippen LogP contribution in [0.15, 0.2) is 0 Å². The molecule has 0 bridgehead atoms. The molecule has 0 saturated carbocycles. The van der Waals surface area contributed by atoms with Gasteiger partial charge in [0.25, 0.3) is 0 Å². The third kappa shape index (κ3) is 42.2. The molecule has 0 aromatic heterocycles. The van der Waals surface area contributed by atoms with E-state index in [1.807, 2.05) is 13.8 Å². The molecular weight excluding hydrogens is 587 g/mol. The van der Waals surface area contributed by atoms with Crippen LogP contribution >= 0.6 is 12.6 Å². The van der Waals surface area contributed by atoms with E-state index in [9.17, 15) is 0 Å². The molecule has 0 aromatic carbocycles. The van der Waals surface area contributed by atoms with Crippen LogP contribution in [0, 0.1) is 0 Å². The smallest absolute Gasteiger partial charge is 0.0721 e. The quantitative estimate of drug-likeness (QED) is 0.0387. The highest BCUT2D eigenvalue weighted by Crippen LogP contribution is 2.13. The first-order valence-electron chi connectivity index (χ1n) is 20.7. The minimum absolute atomic E-state index is 0.624. The lowest BCUT2D eigenvalue weighted by molar-refractivity contribution is -0.168. The molecule has 0 radical (unpaired) electrons. The number of unbranched alkanes of at least 4 members (excludes halogenated alkanes) is 21. The van der Waals surface area contributed by atoms with Gasteiger partial charge in [0.2, 0.25) is 0 Å². The van der Waals surface area contributed by atoms with Gasteiger partial charge in [-0.2, -0.15) is 12.6 Å². The van der Waals surface area contributed by atoms with E-state index in [0.717, 1.165) is 18.7 Å². The van der Waals surface area contributed by atoms with Crippen LogP contribution in [-0.4, -0.2) is 68.0 Å². The van der Waals surface area contributed by atoms with Gasteiger partial charge in [-0.1, -0.05) is 168 Å². The zero-order valence-electron chi connectivity index (χ0n) is 32.4. The summed E-state index contributed by atoms with van der Waals surface area (Å²) in [5.74, 6) is 0.944. The van der Waals surface area contributed by atoms with Crippen molar-refractivity contribution >= 4 is 12.6 Å². The van der Waals surface area contributed by atoms with Gasteiger partial charge in [-0.3, -0.25) is 9.68 Å². The number of rotatable bonds is 38. The second kappa shape index (κ2) is 45.2. The fourth-order valence-electron chi connectivity index (χ4n) is 6.10. The Morgan fingerprint density at radius 1 is 0.370 bits per heavy atom. The average Bonchev–Trinajstić information content (AvgIpc) is 3.06. The fraction of sp³-hybridized carbons (Fsp3) is 1.00. The summed E-state index contributed by atoms with van der Waals surface area (Å²) < 4.78 is 0. The second-order valence-electron chi connectivity index (χ2n) is 13.5. The Hall–Kier alpha value is 0.150. The molecule has 0 amide bonds. The standard InChI is InChI=1S/C38H81N3O2.C2H6S/c1-5-9-12-15-18-21-24-27-32-40(33-28-25-22-19-16-13-10-6-2)35-30-36-41(37-31-38-43-39-42-8-4)34-29-26-23-20-17-14-11-7-3;1-2-3/h39H,5-38H2,1-4H3;3H,2H2,1H3. The van der Waals surface area contributed by atoms with Gasteiger partial charge in [0.05, 0.1) is 13.2 Å². The molecule has 0 fully saturated rings. The van der Waals surface area contributed by atoms with Crippen LogP contribution in [-0.2, 0) is 9.68 Å². The highest BCUT2D eigenvalue weighted by molar-refractivity contribution is 7.80. The highest BCUT2D eigenvalue weighted by Gasteiger charge is 2.09. The van der Waals surface area contributed by atoms with Crippen LogP contribution in [0.3, 0.4) is 0 Å². The Morgan fingerprint density at radius 2 is 0.652 bits per heavy atom. The van der Waals surface area contributed by atoms with Crippen molar-refractivity contribution < 1.29 is 9.68 Å². The molecule has 0 atom stereocenters. The van der Waals surface area contributed by atoms with E-state index in [-0.39, 0.29) is 0 Å². The third-order valence-electron chi connectivity index (χ3n) is 8.92. The summed E-state index contributed by atoms with van der Waals surface area (Å²) in [5, 5.41) is 0. The van der Waals surface area contributed by atoms with Crippen molar-refractivity contribution in [2.45, 2.75) is 202 Å². The van der Waals surface area contributed by atoms with E-state index < -0.39 is 0 Å². The molecule has 0 saturated heterocycles. The summed E-state index contributed by atoms with van der Waals surface area (Å²) in [5.41, 5.74) is 2.60. The maximum absolute atomic E-state index is 5.43. The molecule has 0 rings (SSSR count). The van der Waals surface area contributed by atoms with E-state index in [2.05, 4.69) is 48.8 Å². The minimum Gasteiger partial charge on any atom is -0.303 e. The van der Waals surface area contributed by atoms with Crippen molar-refractivity contribution in [3.05, 3.63) is 0 Å². The van der Waals surface area contributed by atoms with Crippen LogP contribution < -0.4 is 5.64 Å². The van der Waals surface area contributed by atoms with Gasteiger partial charge in [-0.05, 0) is 77.5 Å². The molecule has 0 unspecified atom stereocenters. The molecule has 0 aliphatic carbocycles. The lowest BCUT2D eigenvalue weighted by Gasteiger charge is -2.26. The molecule has 46 heavy (non-hydrogen) atoms. The predicted molar refractivity (Wildman–Crippen MR) is 210 cm³/mol. The molecule has 0 spiro atoms. The van der Waals surface area contributed by atoms with Crippen LogP contribution in [0.5, 0.6) is 0 Å². The Balaban J connectivity index is 0. The molecule has 1 N–H and O–H groups in total. The fourth-order valence-corrected chi connectivity index (χ4v) is 6.10. The number of hydrogen-bond acceptors (Lipinski definition) is 6. The summed E-state index contributed by atoms with van der Waals surface area (Å²) >= 11 is 3.79. The Bertz CT molecular complexity index is 495. The monoisotopic (exact) mass is 674 g/mol. The lowest BCUT2D eigenvalue weighted by Crippen LogP contribution is -2.33. The van der Waals surface area contributed by atoms with E-state index in [1.165, 1.54) is 193 Å². The molecule has 6 heteroatoms. The molecule has 0 aliphatic rings. The molecule has 5 nitrogen and oxygen atoms in total. The number of hydrogen-bond donors (Lipinski definition) is 2. The molecule has 280 valence electrons. The largest absolute Gasteiger partial charge is 0.303 e. The minimum atomic E-state index is 0.624. The van der Waals surface area contributed by atoms with E-state index in [0.29, 0.717) is 13.2 Å². The van der Waals surface area contributed by atoms with Crippen molar-refractivity contribution in [1.29, 1.82) is 0 Å². The van der Waals surface area contributed by atoms with E-state index >= 15 is 0 Å². The lowest BCUT2D eigenvalue weighted by atomic mass is 10.1. The van der Waals surface area contributed by atoms with E-state index in [4.69, 9.17) is 9.68 Å². The van der Waals surface area contributed by atoms with Crippen molar-refractivity contribution in [3.8, 4) is 0 Å². The Morgan fingerprint density at radius 3 is 0.978 bits per heavy atom. The molecule has 0 aromatic rings. The van der Waals surface area contributed by atoms with Gasteiger partial charge < -0.3 is 9.80 Å². The van der Waals surface area contributed by atoms with Gasteiger partial charge in [-0.15, -0.1) is 0 Å². The van der Waals surface area contributed by atoms with Crippen LogP contribution in [0.25, 0.3) is 0 Å². The molecule has 0 heterocycles. The maximum Gasteiger partial charge on any atom is 0.0721 e. The van der Waals surface area contributed by atoms with Gasteiger partial charge >= 0.3 is 0 Å². The summed E-state index contributed by atoms with van der Waals surface area (Å²) in [7, 11) is 0. The highest BCUT2D eigenvalue weighted by atomic mass is 32.1. The van der Waals surface area contributed by atoms with Gasteiger partial charge in [0.1, 0.15) is 0 Å². The van der Waals surface area contributed by atoms with Crippen LogP contribution in [0.2, 0.25) is 0 Å². The topological polar surface area (TPSA) is 37.0 Å².